The summed E-state index contributed by atoms with van der Waals surface area (Å²) in [5, 5.41) is 5.06. The van der Waals surface area contributed by atoms with E-state index < -0.39 is 5.97 Å². The van der Waals surface area contributed by atoms with Crippen LogP contribution in [-0.4, -0.2) is 50.5 Å². The highest BCUT2D eigenvalue weighted by Crippen LogP contribution is 2.22. The maximum atomic E-state index is 12.2. The number of carbonyl (C=O) groups is 2. The van der Waals surface area contributed by atoms with Gasteiger partial charge in [0.1, 0.15) is 11.5 Å². The highest BCUT2D eigenvalue weighted by molar-refractivity contribution is 5.99. The number of methoxy groups -OCH3 is 1. The molecule has 9 heteroatoms. The van der Waals surface area contributed by atoms with Gasteiger partial charge in [0.2, 0.25) is 5.76 Å². The Balaban J connectivity index is 1.41. The lowest BCUT2D eigenvalue weighted by atomic mass is 10.2. The van der Waals surface area contributed by atoms with E-state index in [1.807, 2.05) is 72.2 Å². The summed E-state index contributed by atoms with van der Waals surface area (Å²) in [6.07, 6.45) is 3.50. The number of benzene rings is 2. The van der Waals surface area contributed by atoms with Crippen LogP contribution in [0.15, 0.2) is 76.4 Å². The molecule has 0 atom stereocenters. The summed E-state index contributed by atoms with van der Waals surface area (Å²) in [6, 6.07) is 18.6. The number of rotatable bonds is 9. The van der Waals surface area contributed by atoms with Crippen LogP contribution in [0.4, 0.5) is 5.69 Å². The fourth-order valence-corrected chi connectivity index (χ4v) is 3.56. The number of fused-ring (bicyclic) bond motifs is 1. The van der Waals surface area contributed by atoms with Crippen LogP contribution in [0, 0.1) is 0 Å². The van der Waals surface area contributed by atoms with Crippen LogP contribution < -0.4 is 15.1 Å². The van der Waals surface area contributed by atoms with Gasteiger partial charge in [-0.2, -0.15) is 5.10 Å². The van der Waals surface area contributed by atoms with E-state index in [1.54, 1.807) is 24.4 Å². The third-order valence-electron chi connectivity index (χ3n) is 5.29. The molecule has 4 aromatic rings. The molecule has 180 valence electrons. The Bertz CT molecular complexity index is 1370. The Hall–Kier alpha value is -4.53. The van der Waals surface area contributed by atoms with Gasteiger partial charge in [0.25, 0.3) is 5.91 Å². The predicted octanol–water partition coefficient (Wildman–Crippen LogP) is 3.66. The number of amides is 1. The summed E-state index contributed by atoms with van der Waals surface area (Å²) in [6.45, 7) is 0.258. The summed E-state index contributed by atoms with van der Waals surface area (Å²) < 4.78 is 17.8. The highest BCUT2D eigenvalue weighted by atomic mass is 16.5. The first-order valence-corrected chi connectivity index (χ1v) is 10.9. The van der Waals surface area contributed by atoms with Crippen LogP contribution in [0.1, 0.15) is 21.9 Å². The van der Waals surface area contributed by atoms with E-state index in [0.717, 1.165) is 22.2 Å². The Kier molecular flexibility index (Phi) is 7.15. The molecule has 2 heterocycles. The van der Waals surface area contributed by atoms with Crippen molar-refractivity contribution in [3.05, 3.63) is 83.9 Å². The predicted molar refractivity (Wildman–Crippen MR) is 133 cm³/mol. The molecule has 1 N–H and O–H groups in total. The molecule has 0 fully saturated rings. The number of hydrogen-bond donors (Lipinski definition) is 1. The first kappa shape index (κ1) is 23.6. The van der Waals surface area contributed by atoms with Gasteiger partial charge in [-0.05, 0) is 30.3 Å². The van der Waals surface area contributed by atoms with E-state index in [2.05, 4.69) is 10.5 Å². The van der Waals surface area contributed by atoms with Gasteiger partial charge in [0.15, 0.2) is 6.61 Å². The second kappa shape index (κ2) is 10.6. The maximum Gasteiger partial charge on any atom is 0.373 e. The zero-order valence-corrected chi connectivity index (χ0v) is 19.7. The first-order chi connectivity index (χ1) is 16.9. The van der Waals surface area contributed by atoms with Gasteiger partial charge in [0.05, 0.1) is 19.9 Å². The van der Waals surface area contributed by atoms with Crippen LogP contribution in [0.2, 0.25) is 0 Å². The lowest BCUT2D eigenvalue weighted by Crippen LogP contribution is -2.24. The molecule has 0 saturated heterocycles. The number of nitrogens with one attached hydrogen (secondary N) is 1. The number of nitrogens with zero attached hydrogens (tertiary/aromatic N) is 3. The first-order valence-electron chi connectivity index (χ1n) is 10.9. The molecule has 1 amide bonds. The summed E-state index contributed by atoms with van der Waals surface area (Å²) in [4.78, 5) is 25.8. The van der Waals surface area contributed by atoms with E-state index in [-0.39, 0.29) is 18.3 Å². The standard InChI is InChI=1S/C26H26N4O5/c1-29(2)19-7-6-8-20(13-19)34-17-25(31)28-27-14-18-15-30(23-10-5-4-9-22(18)23)16-21-11-12-24(35-21)26(32)33-3/h4-15H,16-17H2,1-3H3,(H,28,31)/b27-14+. The zero-order valence-electron chi connectivity index (χ0n) is 19.7. The third-order valence-corrected chi connectivity index (χ3v) is 5.29. The second-order valence-corrected chi connectivity index (χ2v) is 7.96. The van der Waals surface area contributed by atoms with E-state index in [0.29, 0.717) is 18.1 Å². The van der Waals surface area contributed by atoms with Crippen LogP contribution >= 0.6 is 0 Å². The second-order valence-electron chi connectivity index (χ2n) is 7.96. The minimum atomic E-state index is -0.522. The molecule has 0 unspecified atom stereocenters. The van der Waals surface area contributed by atoms with Gasteiger partial charge in [-0.3, -0.25) is 4.79 Å². The van der Waals surface area contributed by atoms with E-state index in [4.69, 9.17) is 13.9 Å². The molecule has 4 rings (SSSR count). The average Bonchev–Trinajstić information content (AvgIpc) is 3.48. The Labute approximate surface area is 202 Å². The van der Waals surface area contributed by atoms with Crippen LogP contribution in [-0.2, 0) is 16.1 Å². The molecule has 0 saturated carbocycles. The van der Waals surface area contributed by atoms with Gasteiger partial charge in [0, 0.05) is 48.5 Å². The van der Waals surface area contributed by atoms with Crippen molar-refractivity contribution < 1.29 is 23.5 Å². The topological polar surface area (TPSA) is 98.3 Å². The number of ether oxygens (including phenoxy) is 2. The molecule has 0 bridgehead atoms. The number of esters is 1. The summed E-state index contributed by atoms with van der Waals surface area (Å²) in [5.74, 6) is 0.474. The smallest absolute Gasteiger partial charge is 0.373 e. The molecule has 0 spiro atoms. The van der Waals surface area contributed by atoms with Crippen molar-refractivity contribution >= 4 is 34.7 Å². The lowest BCUT2D eigenvalue weighted by molar-refractivity contribution is -0.123. The molecular weight excluding hydrogens is 448 g/mol. The molecular formula is C26H26N4O5. The Morgan fingerprint density at radius 3 is 2.74 bits per heavy atom. The van der Waals surface area contributed by atoms with E-state index in [9.17, 15) is 9.59 Å². The van der Waals surface area contributed by atoms with Crippen molar-refractivity contribution in [2.45, 2.75) is 6.54 Å². The van der Waals surface area contributed by atoms with Crippen LogP contribution in [0.25, 0.3) is 10.9 Å². The molecule has 2 aromatic carbocycles. The zero-order chi connectivity index (χ0) is 24.8. The fraction of sp³-hybridized carbons (Fsp3) is 0.192. The number of carbonyl (C=O) groups excluding carboxylic acids is 2. The van der Waals surface area contributed by atoms with Crippen molar-refractivity contribution in [2.24, 2.45) is 5.10 Å². The number of hydrogen-bond acceptors (Lipinski definition) is 7. The van der Waals surface area contributed by atoms with Gasteiger partial charge in [-0.1, -0.05) is 24.3 Å². The van der Waals surface area contributed by atoms with Gasteiger partial charge in [-0.25, -0.2) is 10.2 Å². The minimum Gasteiger partial charge on any atom is -0.484 e. The van der Waals surface area contributed by atoms with Crippen molar-refractivity contribution in [2.75, 3.05) is 32.7 Å². The molecule has 0 aliphatic heterocycles. The van der Waals surface area contributed by atoms with E-state index in [1.165, 1.54) is 7.11 Å². The lowest BCUT2D eigenvalue weighted by Gasteiger charge is -2.13. The normalized spacial score (nSPS) is 11.1. The number of hydrazone groups is 1. The van der Waals surface area contributed by atoms with Crippen LogP contribution in [0.3, 0.4) is 0 Å². The average molecular weight is 475 g/mol. The van der Waals surface area contributed by atoms with Crippen molar-refractivity contribution in [1.29, 1.82) is 0 Å². The quantitative estimate of drug-likeness (QED) is 0.226. The Morgan fingerprint density at radius 1 is 1.11 bits per heavy atom. The van der Waals surface area contributed by atoms with Gasteiger partial charge < -0.3 is 23.4 Å². The number of para-hydroxylation sites is 1. The Morgan fingerprint density at radius 2 is 1.94 bits per heavy atom. The monoisotopic (exact) mass is 474 g/mol. The molecule has 0 radical (unpaired) electrons. The van der Waals surface area contributed by atoms with Gasteiger partial charge >= 0.3 is 5.97 Å². The third kappa shape index (κ3) is 5.70. The van der Waals surface area contributed by atoms with Crippen molar-refractivity contribution in [1.82, 2.24) is 9.99 Å². The summed E-state index contributed by atoms with van der Waals surface area (Å²) in [7, 11) is 5.18. The van der Waals surface area contributed by atoms with Crippen LogP contribution in [0.5, 0.6) is 5.75 Å². The summed E-state index contributed by atoms with van der Waals surface area (Å²) in [5.41, 5.74) is 5.26. The largest absolute Gasteiger partial charge is 0.484 e. The molecule has 9 nitrogen and oxygen atoms in total. The highest BCUT2D eigenvalue weighted by Gasteiger charge is 2.13. The SMILES string of the molecule is COC(=O)c1ccc(Cn2cc(/C=N/NC(=O)COc3cccc(N(C)C)c3)c3ccccc32)o1. The number of furan rings is 1. The number of anilines is 1. The molecule has 0 aliphatic carbocycles. The number of aromatic nitrogens is 1. The van der Waals surface area contributed by atoms with E-state index >= 15 is 0 Å². The summed E-state index contributed by atoms with van der Waals surface area (Å²) >= 11 is 0. The molecule has 0 aliphatic rings. The molecule has 35 heavy (non-hydrogen) atoms. The van der Waals surface area contributed by atoms with Crippen molar-refractivity contribution in [3.8, 4) is 5.75 Å². The maximum absolute atomic E-state index is 12.2. The molecule has 2 aromatic heterocycles. The minimum absolute atomic E-state index is 0.152. The van der Waals surface area contributed by atoms with Crippen molar-refractivity contribution in [3.63, 3.8) is 0 Å². The fourth-order valence-electron chi connectivity index (χ4n) is 3.56. The van der Waals surface area contributed by atoms with Gasteiger partial charge in [-0.15, -0.1) is 0 Å².